The summed E-state index contributed by atoms with van der Waals surface area (Å²) in [7, 11) is 2.02. The molecule has 17 heavy (non-hydrogen) atoms. The highest BCUT2D eigenvalue weighted by molar-refractivity contribution is 5.30. The molecule has 0 amide bonds. The first-order valence-electron chi connectivity index (χ1n) is 6.48. The minimum atomic E-state index is 0.779. The van der Waals surface area contributed by atoms with Crippen molar-refractivity contribution < 1.29 is 0 Å². The molecule has 2 heterocycles. The first kappa shape index (κ1) is 12.3. The largest absolute Gasteiger partial charge is 0.341 e. The summed E-state index contributed by atoms with van der Waals surface area (Å²) in [5, 5.41) is 3.23. The van der Waals surface area contributed by atoms with Crippen LogP contribution < -0.4 is 10.2 Å². The van der Waals surface area contributed by atoms with Gasteiger partial charge in [-0.3, -0.25) is 0 Å². The summed E-state index contributed by atoms with van der Waals surface area (Å²) in [5.41, 5.74) is 1.12. The van der Waals surface area contributed by atoms with Gasteiger partial charge in [0.25, 0.3) is 0 Å². The van der Waals surface area contributed by atoms with Gasteiger partial charge in [-0.1, -0.05) is 0 Å². The Morgan fingerprint density at radius 3 is 2.88 bits per heavy atom. The lowest BCUT2D eigenvalue weighted by Crippen LogP contribution is -2.37. The van der Waals surface area contributed by atoms with Gasteiger partial charge in [0.05, 0.1) is 0 Å². The van der Waals surface area contributed by atoms with Crippen LogP contribution in [0.1, 0.15) is 24.8 Å². The summed E-state index contributed by atoms with van der Waals surface area (Å²) in [6.07, 6.45) is 7.65. The molecule has 2 rings (SSSR count). The van der Waals surface area contributed by atoms with Crippen molar-refractivity contribution in [1.29, 1.82) is 0 Å². The molecule has 0 bridgehead atoms. The topological polar surface area (TPSA) is 41.0 Å². The smallest absolute Gasteiger partial charge is 0.225 e. The molecule has 4 nitrogen and oxygen atoms in total. The van der Waals surface area contributed by atoms with E-state index >= 15 is 0 Å². The van der Waals surface area contributed by atoms with Crippen molar-refractivity contribution in [1.82, 2.24) is 15.3 Å². The van der Waals surface area contributed by atoms with E-state index in [1.807, 2.05) is 26.4 Å². The number of hydrogen-bond donors (Lipinski definition) is 1. The molecule has 1 aromatic heterocycles. The molecule has 0 saturated carbocycles. The average molecular weight is 234 g/mol. The summed E-state index contributed by atoms with van der Waals surface area (Å²) in [6.45, 7) is 5.33. The normalized spacial score (nSPS) is 20.6. The fourth-order valence-electron chi connectivity index (χ4n) is 2.38. The number of aromatic nitrogens is 2. The van der Waals surface area contributed by atoms with Gasteiger partial charge in [0.2, 0.25) is 5.95 Å². The van der Waals surface area contributed by atoms with Crippen LogP contribution in [0, 0.1) is 12.8 Å². The lowest BCUT2D eigenvalue weighted by molar-refractivity contribution is 0.384. The van der Waals surface area contributed by atoms with E-state index in [1.54, 1.807) is 0 Å². The zero-order valence-corrected chi connectivity index (χ0v) is 10.8. The quantitative estimate of drug-likeness (QED) is 0.859. The fraction of sp³-hybridized carbons (Fsp3) is 0.692. The van der Waals surface area contributed by atoms with Crippen molar-refractivity contribution in [3.63, 3.8) is 0 Å². The van der Waals surface area contributed by atoms with Gasteiger partial charge < -0.3 is 10.2 Å². The molecular formula is C13H22N4. The van der Waals surface area contributed by atoms with Gasteiger partial charge in [-0.25, -0.2) is 9.97 Å². The van der Waals surface area contributed by atoms with Crippen LogP contribution in [-0.4, -0.2) is 36.6 Å². The number of nitrogens with one attached hydrogen (secondary N) is 1. The third-order valence-electron chi connectivity index (χ3n) is 3.37. The van der Waals surface area contributed by atoms with Gasteiger partial charge in [-0.2, -0.15) is 0 Å². The highest BCUT2D eigenvalue weighted by Gasteiger charge is 2.20. The van der Waals surface area contributed by atoms with E-state index in [2.05, 4.69) is 20.2 Å². The summed E-state index contributed by atoms with van der Waals surface area (Å²) in [5.74, 6) is 1.67. The molecule has 0 radical (unpaired) electrons. The first-order valence-corrected chi connectivity index (χ1v) is 6.48. The predicted octanol–water partition coefficient (Wildman–Crippen LogP) is 1.61. The molecule has 0 spiro atoms. The molecule has 1 aliphatic rings. The fourth-order valence-corrected chi connectivity index (χ4v) is 2.38. The van der Waals surface area contributed by atoms with Gasteiger partial charge in [0.1, 0.15) is 0 Å². The van der Waals surface area contributed by atoms with Crippen molar-refractivity contribution in [3.8, 4) is 0 Å². The van der Waals surface area contributed by atoms with Crippen molar-refractivity contribution in [2.75, 3.05) is 31.6 Å². The Kier molecular flexibility index (Phi) is 4.31. The third-order valence-corrected chi connectivity index (χ3v) is 3.37. The van der Waals surface area contributed by atoms with Crippen LogP contribution >= 0.6 is 0 Å². The summed E-state index contributed by atoms with van der Waals surface area (Å²) < 4.78 is 0. The second-order valence-electron chi connectivity index (χ2n) is 4.91. The minimum absolute atomic E-state index is 0.779. The van der Waals surface area contributed by atoms with Gasteiger partial charge in [-0.15, -0.1) is 0 Å². The molecule has 1 unspecified atom stereocenters. The molecule has 0 aromatic carbocycles. The Bertz CT molecular complexity index is 336. The second-order valence-corrected chi connectivity index (χ2v) is 4.91. The maximum atomic E-state index is 4.42. The number of rotatable bonds is 4. The average Bonchev–Trinajstić information content (AvgIpc) is 2.37. The molecule has 4 heteroatoms. The van der Waals surface area contributed by atoms with E-state index in [4.69, 9.17) is 0 Å². The van der Waals surface area contributed by atoms with E-state index in [1.165, 1.54) is 19.3 Å². The summed E-state index contributed by atoms with van der Waals surface area (Å²) >= 11 is 0. The van der Waals surface area contributed by atoms with Crippen molar-refractivity contribution in [2.45, 2.75) is 26.2 Å². The summed E-state index contributed by atoms with van der Waals surface area (Å²) in [4.78, 5) is 11.2. The first-order chi connectivity index (χ1) is 8.29. The number of piperidine rings is 1. The van der Waals surface area contributed by atoms with Crippen molar-refractivity contribution >= 4 is 5.95 Å². The zero-order chi connectivity index (χ0) is 12.1. The number of aryl methyl sites for hydroxylation is 1. The number of nitrogens with zero attached hydrogens (tertiary/aromatic N) is 3. The van der Waals surface area contributed by atoms with Crippen molar-refractivity contribution in [2.24, 2.45) is 5.92 Å². The standard InChI is InChI=1S/C13H22N4/c1-11-8-15-13(16-9-11)17-7-3-4-12(10-17)5-6-14-2/h8-9,12,14H,3-7,10H2,1-2H3. The Morgan fingerprint density at radius 1 is 1.41 bits per heavy atom. The molecule has 1 saturated heterocycles. The van der Waals surface area contributed by atoms with Crippen molar-refractivity contribution in [3.05, 3.63) is 18.0 Å². The second kappa shape index (κ2) is 5.96. The number of hydrogen-bond acceptors (Lipinski definition) is 4. The highest BCUT2D eigenvalue weighted by Crippen LogP contribution is 2.22. The minimum Gasteiger partial charge on any atom is -0.341 e. The van der Waals surface area contributed by atoms with Crippen LogP contribution in [0.2, 0.25) is 0 Å². The van der Waals surface area contributed by atoms with Crippen LogP contribution in [0.25, 0.3) is 0 Å². The van der Waals surface area contributed by atoms with Crippen LogP contribution in [0.4, 0.5) is 5.95 Å². The van der Waals surface area contributed by atoms with Crippen LogP contribution in [0.5, 0.6) is 0 Å². The Balaban J connectivity index is 1.94. The maximum Gasteiger partial charge on any atom is 0.225 e. The molecule has 1 aliphatic heterocycles. The monoisotopic (exact) mass is 234 g/mol. The Labute approximate surface area is 103 Å². The molecular weight excluding hydrogens is 212 g/mol. The Morgan fingerprint density at radius 2 is 2.18 bits per heavy atom. The van der Waals surface area contributed by atoms with Crippen LogP contribution in [-0.2, 0) is 0 Å². The third kappa shape index (κ3) is 3.40. The van der Waals surface area contributed by atoms with E-state index in [9.17, 15) is 0 Å². The molecule has 94 valence electrons. The SMILES string of the molecule is CNCCC1CCCN(c2ncc(C)cn2)C1. The maximum absolute atomic E-state index is 4.42. The lowest BCUT2D eigenvalue weighted by atomic mass is 9.95. The van der Waals surface area contributed by atoms with E-state index < -0.39 is 0 Å². The molecule has 1 atom stereocenters. The highest BCUT2D eigenvalue weighted by atomic mass is 15.2. The van der Waals surface area contributed by atoms with Gasteiger partial charge in [-0.05, 0) is 51.3 Å². The summed E-state index contributed by atoms with van der Waals surface area (Å²) in [6, 6.07) is 0. The van der Waals surface area contributed by atoms with Crippen LogP contribution in [0.3, 0.4) is 0 Å². The van der Waals surface area contributed by atoms with Gasteiger partial charge in [0, 0.05) is 25.5 Å². The number of anilines is 1. The predicted molar refractivity (Wildman–Crippen MR) is 70.2 cm³/mol. The lowest BCUT2D eigenvalue weighted by Gasteiger charge is -2.32. The molecule has 1 aromatic rings. The molecule has 1 fully saturated rings. The zero-order valence-electron chi connectivity index (χ0n) is 10.8. The van der Waals surface area contributed by atoms with Gasteiger partial charge in [0.15, 0.2) is 0 Å². The van der Waals surface area contributed by atoms with E-state index in [-0.39, 0.29) is 0 Å². The Hall–Kier alpha value is -1.16. The van der Waals surface area contributed by atoms with E-state index in [0.29, 0.717) is 0 Å². The molecule has 0 aliphatic carbocycles. The van der Waals surface area contributed by atoms with E-state index in [0.717, 1.165) is 37.1 Å². The molecule has 1 N–H and O–H groups in total. The van der Waals surface area contributed by atoms with Crippen LogP contribution in [0.15, 0.2) is 12.4 Å². The van der Waals surface area contributed by atoms with Gasteiger partial charge >= 0.3 is 0 Å².